The molecule has 0 aliphatic heterocycles. The number of rotatable bonds is 14. The molecule has 2 rings (SSSR count). The average molecular weight is 441 g/mol. The van der Waals surface area contributed by atoms with Gasteiger partial charge in [-0.1, -0.05) is 77.0 Å². The second-order valence-corrected chi connectivity index (χ2v) is 10.7. The molecule has 4 nitrogen and oxygen atoms in total. The summed E-state index contributed by atoms with van der Waals surface area (Å²) in [7, 11) is 0. The van der Waals surface area contributed by atoms with Crippen LogP contribution in [0.2, 0.25) is 0 Å². The van der Waals surface area contributed by atoms with Crippen LogP contribution in [-0.2, 0) is 9.59 Å². The minimum atomic E-state index is -0.0648. The van der Waals surface area contributed by atoms with E-state index < -0.39 is 0 Å². The largest absolute Gasteiger partial charge is 0.396 e. The first kappa shape index (κ1) is 26.2. The molecule has 0 aromatic heterocycles. The Morgan fingerprint density at radius 3 is 1.38 bits per heavy atom. The summed E-state index contributed by atoms with van der Waals surface area (Å²) >= 11 is 0. The lowest BCUT2D eigenvalue weighted by Crippen LogP contribution is -2.16. The summed E-state index contributed by atoms with van der Waals surface area (Å²) in [6, 6.07) is 0. The Bertz CT molecular complexity index is 777. The number of hydrogen-bond donors (Lipinski definition) is 2. The number of aliphatic hydroxyl groups excluding tert-OH is 2. The number of ketones is 2. The van der Waals surface area contributed by atoms with Gasteiger partial charge in [0, 0.05) is 35.5 Å². The lowest BCUT2D eigenvalue weighted by atomic mass is 9.87. The summed E-state index contributed by atoms with van der Waals surface area (Å²) in [6.45, 7) is 8.56. The van der Waals surface area contributed by atoms with Crippen LogP contribution < -0.4 is 0 Å². The second-order valence-electron chi connectivity index (χ2n) is 10.7. The molecule has 0 unspecified atom stereocenters. The molecule has 0 bridgehead atoms. The molecular formula is C28H40O4. The monoisotopic (exact) mass is 440 g/mol. The van der Waals surface area contributed by atoms with Crippen molar-refractivity contribution in [3.63, 3.8) is 0 Å². The van der Waals surface area contributed by atoms with E-state index in [4.69, 9.17) is 0 Å². The van der Waals surface area contributed by atoms with Crippen LogP contribution >= 0.6 is 0 Å². The number of carbonyl (C=O) groups is 2. The second kappa shape index (κ2) is 11.7. The van der Waals surface area contributed by atoms with Crippen molar-refractivity contribution < 1.29 is 19.8 Å². The molecule has 0 amide bonds. The van der Waals surface area contributed by atoms with Gasteiger partial charge in [-0.2, -0.15) is 0 Å². The fourth-order valence-electron chi connectivity index (χ4n) is 3.89. The van der Waals surface area contributed by atoms with Crippen molar-refractivity contribution in [1.29, 1.82) is 0 Å². The van der Waals surface area contributed by atoms with Crippen molar-refractivity contribution in [1.82, 2.24) is 0 Å². The van der Waals surface area contributed by atoms with E-state index in [9.17, 15) is 19.8 Å². The van der Waals surface area contributed by atoms with Crippen LogP contribution in [0.5, 0.6) is 0 Å². The number of carbonyl (C=O) groups excluding carboxylic acids is 2. The van der Waals surface area contributed by atoms with Gasteiger partial charge in [0.2, 0.25) is 0 Å². The van der Waals surface area contributed by atoms with Crippen molar-refractivity contribution >= 4 is 11.6 Å². The zero-order valence-corrected chi connectivity index (χ0v) is 20.2. The highest BCUT2D eigenvalue weighted by atomic mass is 16.3. The van der Waals surface area contributed by atoms with Crippen LogP contribution in [0.25, 0.3) is 0 Å². The molecule has 0 radical (unpaired) electrons. The Balaban J connectivity index is 1.73. The van der Waals surface area contributed by atoms with E-state index in [2.05, 4.69) is 27.7 Å². The topological polar surface area (TPSA) is 74.6 Å². The highest BCUT2D eigenvalue weighted by molar-refractivity contribution is 6.15. The first-order chi connectivity index (χ1) is 15.1. The molecule has 0 heterocycles. The molecule has 0 saturated carbocycles. The van der Waals surface area contributed by atoms with Crippen LogP contribution in [0.4, 0.5) is 0 Å². The molecule has 2 aliphatic rings. The van der Waals surface area contributed by atoms with Crippen molar-refractivity contribution in [2.45, 2.75) is 79.1 Å². The van der Waals surface area contributed by atoms with E-state index in [0.717, 1.165) is 62.5 Å². The smallest absolute Gasteiger partial charge is 0.189 e. The van der Waals surface area contributed by atoms with Crippen molar-refractivity contribution in [3.8, 4) is 0 Å². The van der Waals surface area contributed by atoms with E-state index in [1.54, 1.807) is 12.2 Å². The number of unbranched alkanes of at least 4 members (excludes halogenated alkanes) is 2. The summed E-state index contributed by atoms with van der Waals surface area (Å²) in [5, 5.41) is 18.7. The minimum absolute atomic E-state index is 0.0494. The molecule has 4 heteroatoms. The molecule has 0 saturated heterocycles. The summed E-state index contributed by atoms with van der Waals surface area (Å²) in [6.07, 6.45) is 18.2. The van der Waals surface area contributed by atoms with Gasteiger partial charge in [-0.15, -0.1) is 0 Å². The maximum Gasteiger partial charge on any atom is 0.189 e. The van der Waals surface area contributed by atoms with E-state index in [0.29, 0.717) is 11.1 Å². The number of allylic oxidation sites excluding steroid dienone is 10. The summed E-state index contributed by atoms with van der Waals surface area (Å²) in [5.74, 6) is 0.0989. The number of hydrogen-bond acceptors (Lipinski definition) is 4. The molecule has 32 heavy (non-hydrogen) atoms. The summed E-state index contributed by atoms with van der Waals surface area (Å²) in [4.78, 5) is 25.2. The van der Waals surface area contributed by atoms with Gasteiger partial charge in [0.05, 0.1) is 0 Å². The van der Waals surface area contributed by atoms with Gasteiger partial charge in [-0.05, 0) is 49.4 Å². The van der Waals surface area contributed by atoms with Crippen molar-refractivity contribution in [3.05, 3.63) is 58.7 Å². The van der Waals surface area contributed by atoms with Gasteiger partial charge < -0.3 is 10.2 Å². The summed E-state index contributed by atoms with van der Waals surface area (Å²) in [5.41, 5.74) is 2.77. The first-order valence-electron chi connectivity index (χ1n) is 11.9. The average Bonchev–Trinajstić information content (AvgIpc) is 3.29. The van der Waals surface area contributed by atoms with Crippen LogP contribution in [0, 0.1) is 10.8 Å². The van der Waals surface area contributed by atoms with Gasteiger partial charge in [0.25, 0.3) is 0 Å². The van der Waals surface area contributed by atoms with Crippen LogP contribution in [0.15, 0.2) is 58.7 Å². The van der Waals surface area contributed by atoms with E-state index in [1.165, 1.54) is 0 Å². The predicted octanol–water partition coefficient (Wildman–Crippen LogP) is 5.57. The normalized spacial score (nSPS) is 17.2. The highest BCUT2D eigenvalue weighted by Gasteiger charge is 2.21. The van der Waals surface area contributed by atoms with Crippen molar-refractivity contribution in [2.75, 3.05) is 13.2 Å². The van der Waals surface area contributed by atoms with Gasteiger partial charge in [-0.25, -0.2) is 0 Å². The zero-order chi connectivity index (χ0) is 23.8. The minimum Gasteiger partial charge on any atom is -0.396 e. The van der Waals surface area contributed by atoms with Crippen molar-refractivity contribution in [2.24, 2.45) is 10.8 Å². The zero-order valence-electron chi connectivity index (χ0n) is 20.2. The molecule has 2 aliphatic carbocycles. The molecule has 2 N–H and O–H groups in total. The van der Waals surface area contributed by atoms with Gasteiger partial charge in [0.15, 0.2) is 11.6 Å². The Morgan fingerprint density at radius 1 is 0.656 bits per heavy atom. The maximum atomic E-state index is 12.6. The molecule has 0 spiro atoms. The van der Waals surface area contributed by atoms with E-state index >= 15 is 0 Å². The third-order valence-corrected chi connectivity index (χ3v) is 6.43. The van der Waals surface area contributed by atoms with Gasteiger partial charge in [-0.3, -0.25) is 9.59 Å². The van der Waals surface area contributed by atoms with Gasteiger partial charge >= 0.3 is 0 Å². The highest BCUT2D eigenvalue weighted by Crippen LogP contribution is 2.28. The quantitative estimate of drug-likeness (QED) is 0.346. The molecule has 0 atom stereocenters. The Labute approximate surface area is 193 Å². The third kappa shape index (κ3) is 7.83. The predicted molar refractivity (Wildman–Crippen MR) is 130 cm³/mol. The number of Topliss-reactive ketones (excluding diaryl/α,β-unsaturated/α-hetero) is 2. The Kier molecular flexibility index (Phi) is 9.60. The van der Waals surface area contributed by atoms with E-state index in [-0.39, 0.29) is 35.6 Å². The molecule has 0 aromatic rings. The molecular weight excluding hydrogens is 400 g/mol. The maximum absolute atomic E-state index is 12.6. The van der Waals surface area contributed by atoms with E-state index in [1.807, 2.05) is 24.3 Å². The standard InChI is InChI=1S/C28H40O4/c1-27(2,19-29)17-7-5-9-21-11-13-23(25(21)31)15-16-24-14-12-22(26(24)32)10-6-8-18-28(3,4)20-30/h11-16,29-30H,5-10,17-20H2,1-4H3. The summed E-state index contributed by atoms with van der Waals surface area (Å²) < 4.78 is 0. The van der Waals surface area contributed by atoms with Crippen LogP contribution in [0.1, 0.15) is 79.1 Å². The SMILES string of the molecule is CC(C)(CO)CCCCC1=CC=C(C=CC2=CC=C(CCCCC(C)(C)CO)C2=O)C1=O. The Hall–Kier alpha value is -2.04. The first-order valence-corrected chi connectivity index (χ1v) is 11.9. The fourth-order valence-corrected chi connectivity index (χ4v) is 3.89. The molecule has 0 fully saturated rings. The Morgan fingerprint density at radius 2 is 1.03 bits per heavy atom. The van der Waals surface area contributed by atoms with Gasteiger partial charge in [0.1, 0.15) is 0 Å². The lowest BCUT2D eigenvalue weighted by Gasteiger charge is -2.21. The van der Waals surface area contributed by atoms with Crippen LogP contribution in [-0.4, -0.2) is 35.0 Å². The lowest BCUT2D eigenvalue weighted by molar-refractivity contribution is -0.112. The van der Waals surface area contributed by atoms with Crippen LogP contribution in [0.3, 0.4) is 0 Å². The fraction of sp³-hybridized carbons (Fsp3) is 0.571. The molecule has 176 valence electrons. The third-order valence-electron chi connectivity index (χ3n) is 6.43. The molecule has 0 aromatic carbocycles. The number of aliphatic hydroxyl groups is 2.